The van der Waals surface area contributed by atoms with Crippen LogP contribution in [0.1, 0.15) is 0 Å². The highest BCUT2D eigenvalue weighted by Crippen LogP contribution is 2.16. The van der Waals surface area contributed by atoms with Crippen LogP contribution in [0.3, 0.4) is 0 Å². The van der Waals surface area contributed by atoms with Crippen molar-refractivity contribution in [3.8, 4) is 0 Å². The lowest BCUT2D eigenvalue weighted by atomic mass is 10.2. The van der Waals surface area contributed by atoms with Gasteiger partial charge in [-0.1, -0.05) is 0 Å². The first-order chi connectivity index (χ1) is 6.79. The summed E-state index contributed by atoms with van der Waals surface area (Å²) in [5.41, 5.74) is 4.17. The highest BCUT2D eigenvalue weighted by atomic mass is 32.1. The Kier molecular flexibility index (Phi) is 2.30. The molecule has 6 heteroatoms. The molecular formula is C8H9N5S. The quantitative estimate of drug-likeness (QED) is 0.315. The second-order valence-electron chi connectivity index (χ2n) is 2.77. The van der Waals surface area contributed by atoms with Crippen molar-refractivity contribution < 1.29 is 0 Å². The van der Waals surface area contributed by atoms with Gasteiger partial charge in [-0.05, 0) is 30.4 Å². The van der Waals surface area contributed by atoms with Crippen molar-refractivity contribution >= 4 is 33.9 Å². The summed E-state index contributed by atoms with van der Waals surface area (Å²) in [6.07, 6.45) is 1.76. The van der Waals surface area contributed by atoms with Crippen LogP contribution in [0.25, 0.3) is 10.9 Å². The normalized spacial score (nSPS) is 10.1. The summed E-state index contributed by atoms with van der Waals surface area (Å²) < 4.78 is 0. The third-order valence-electron chi connectivity index (χ3n) is 1.83. The molecule has 5 nitrogen and oxygen atoms in total. The summed E-state index contributed by atoms with van der Waals surface area (Å²) in [5, 5.41) is 11.1. The van der Waals surface area contributed by atoms with Crippen molar-refractivity contribution in [2.45, 2.75) is 0 Å². The van der Waals surface area contributed by atoms with Gasteiger partial charge in [0, 0.05) is 11.1 Å². The molecule has 0 aliphatic rings. The highest BCUT2D eigenvalue weighted by Gasteiger charge is 1.98. The van der Waals surface area contributed by atoms with Gasteiger partial charge in [0.15, 0.2) is 5.11 Å². The van der Waals surface area contributed by atoms with Crippen LogP contribution in [0.5, 0.6) is 0 Å². The number of aromatic nitrogens is 2. The van der Waals surface area contributed by atoms with E-state index in [1.165, 1.54) is 0 Å². The fourth-order valence-corrected chi connectivity index (χ4v) is 1.30. The van der Waals surface area contributed by atoms with E-state index in [4.69, 9.17) is 18.1 Å². The molecule has 2 aromatic rings. The van der Waals surface area contributed by atoms with Crippen LogP contribution >= 0.6 is 12.2 Å². The first kappa shape index (κ1) is 8.92. The Morgan fingerprint density at radius 2 is 2.36 bits per heavy atom. The molecule has 0 unspecified atom stereocenters. The maximum Gasteiger partial charge on any atom is 0.185 e. The zero-order valence-corrected chi connectivity index (χ0v) is 8.06. The van der Waals surface area contributed by atoms with E-state index in [2.05, 4.69) is 20.9 Å². The van der Waals surface area contributed by atoms with Gasteiger partial charge in [0.1, 0.15) is 0 Å². The van der Waals surface area contributed by atoms with E-state index in [0.717, 1.165) is 16.6 Å². The highest BCUT2D eigenvalue weighted by molar-refractivity contribution is 7.80. The van der Waals surface area contributed by atoms with Gasteiger partial charge in [-0.2, -0.15) is 5.10 Å². The number of H-pyrrole nitrogens is 1. The monoisotopic (exact) mass is 207 g/mol. The van der Waals surface area contributed by atoms with Crippen molar-refractivity contribution in [2.24, 2.45) is 5.84 Å². The van der Waals surface area contributed by atoms with Crippen LogP contribution in [0.15, 0.2) is 24.4 Å². The Balaban J connectivity index is 2.30. The molecule has 14 heavy (non-hydrogen) atoms. The standard InChI is InChI=1S/C8H9N5S/c9-12-8(14)11-6-2-1-5-4-10-13-7(5)3-6/h1-4H,9H2,(H,10,13)(H2,11,12,14). The first-order valence-corrected chi connectivity index (χ1v) is 4.41. The first-order valence-electron chi connectivity index (χ1n) is 4.00. The number of hydrazine groups is 1. The lowest BCUT2D eigenvalue weighted by Crippen LogP contribution is -2.34. The molecule has 0 aliphatic carbocycles. The molecule has 0 atom stereocenters. The minimum Gasteiger partial charge on any atom is -0.332 e. The molecule has 1 aromatic carbocycles. The molecule has 0 aliphatic heterocycles. The molecule has 0 radical (unpaired) electrons. The summed E-state index contributed by atoms with van der Waals surface area (Å²) in [6.45, 7) is 0. The number of aromatic amines is 1. The van der Waals surface area contributed by atoms with Gasteiger partial charge >= 0.3 is 0 Å². The summed E-state index contributed by atoms with van der Waals surface area (Å²) >= 11 is 4.87. The van der Waals surface area contributed by atoms with Crippen LogP contribution in [-0.2, 0) is 0 Å². The number of fused-ring (bicyclic) bond motifs is 1. The van der Waals surface area contributed by atoms with Gasteiger partial charge in [-0.3, -0.25) is 5.10 Å². The van der Waals surface area contributed by atoms with E-state index in [1.54, 1.807) is 6.20 Å². The average Bonchev–Trinajstić information content (AvgIpc) is 2.64. The number of hydrogen-bond donors (Lipinski definition) is 4. The minimum atomic E-state index is 0.379. The van der Waals surface area contributed by atoms with Crippen LogP contribution in [-0.4, -0.2) is 15.3 Å². The Hall–Kier alpha value is -1.66. The average molecular weight is 207 g/mol. The van der Waals surface area contributed by atoms with Crippen LogP contribution in [0.4, 0.5) is 5.69 Å². The van der Waals surface area contributed by atoms with Gasteiger partial charge in [0.25, 0.3) is 0 Å². The second kappa shape index (κ2) is 3.60. The molecule has 0 bridgehead atoms. The van der Waals surface area contributed by atoms with Gasteiger partial charge < -0.3 is 10.7 Å². The molecule has 0 saturated carbocycles. The van der Waals surface area contributed by atoms with E-state index in [-0.39, 0.29) is 0 Å². The number of nitrogens with two attached hydrogens (primary N) is 1. The number of anilines is 1. The zero-order chi connectivity index (χ0) is 9.97. The van der Waals surface area contributed by atoms with Crippen molar-refractivity contribution in [1.29, 1.82) is 0 Å². The van der Waals surface area contributed by atoms with Crippen molar-refractivity contribution in [3.63, 3.8) is 0 Å². The summed E-state index contributed by atoms with van der Waals surface area (Å²) in [5.74, 6) is 5.14. The van der Waals surface area contributed by atoms with Crippen LogP contribution < -0.4 is 16.6 Å². The number of nitrogens with zero attached hydrogens (tertiary/aromatic N) is 1. The zero-order valence-electron chi connectivity index (χ0n) is 7.24. The Labute approximate surface area is 85.6 Å². The third-order valence-corrected chi connectivity index (χ3v) is 2.05. The second-order valence-corrected chi connectivity index (χ2v) is 3.18. The van der Waals surface area contributed by atoms with Gasteiger partial charge in [0.05, 0.1) is 11.7 Å². The number of hydrogen-bond acceptors (Lipinski definition) is 3. The number of nitrogens with one attached hydrogen (secondary N) is 3. The smallest absolute Gasteiger partial charge is 0.185 e. The van der Waals surface area contributed by atoms with Gasteiger partial charge in [-0.15, -0.1) is 0 Å². The Bertz CT molecular complexity index is 463. The van der Waals surface area contributed by atoms with E-state index < -0.39 is 0 Å². The molecule has 0 amide bonds. The molecule has 0 fully saturated rings. The molecule has 0 saturated heterocycles. The largest absolute Gasteiger partial charge is 0.332 e. The predicted octanol–water partition coefficient (Wildman–Crippen LogP) is 0.723. The Morgan fingerprint density at radius 3 is 3.14 bits per heavy atom. The number of thiocarbonyl (C=S) groups is 1. The third kappa shape index (κ3) is 1.66. The molecule has 0 spiro atoms. The van der Waals surface area contributed by atoms with Crippen molar-refractivity contribution in [1.82, 2.24) is 15.6 Å². The molecule has 72 valence electrons. The Morgan fingerprint density at radius 1 is 1.50 bits per heavy atom. The van der Waals surface area contributed by atoms with Crippen LogP contribution in [0, 0.1) is 0 Å². The molecule has 5 N–H and O–H groups in total. The summed E-state index contributed by atoms with van der Waals surface area (Å²) in [7, 11) is 0. The molecule has 1 aromatic heterocycles. The van der Waals surface area contributed by atoms with E-state index in [1.807, 2.05) is 18.2 Å². The fourth-order valence-electron chi connectivity index (χ4n) is 1.18. The topological polar surface area (TPSA) is 78.8 Å². The fraction of sp³-hybridized carbons (Fsp3) is 0. The van der Waals surface area contributed by atoms with E-state index >= 15 is 0 Å². The van der Waals surface area contributed by atoms with E-state index in [0.29, 0.717) is 5.11 Å². The van der Waals surface area contributed by atoms with Crippen LogP contribution in [0.2, 0.25) is 0 Å². The maximum atomic E-state index is 5.14. The maximum absolute atomic E-state index is 5.14. The van der Waals surface area contributed by atoms with Crippen molar-refractivity contribution in [3.05, 3.63) is 24.4 Å². The summed E-state index contributed by atoms with van der Waals surface area (Å²) in [4.78, 5) is 0. The van der Waals surface area contributed by atoms with Gasteiger partial charge in [0.2, 0.25) is 0 Å². The van der Waals surface area contributed by atoms with Crippen molar-refractivity contribution in [2.75, 3.05) is 5.32 Å². The lowest BCUT2D eigenvalue weighted by molar-refractivity contribution is 1.04. The minimum absolute atomic E-state index is 0.379. The SMILES string of the molecule is NNC(=S)Nc1ccc2cn[nH]c2c1. The lowest BCUT2D eigenvalue weighted by Gasteiger charge is -2.05. The number of benzene rings is 1. The molecular weight excluding hydrogens is 198 g/mol. The van der Waals surface area contributed by atoms with E-state index in [9.17, 15) is 0 Å². The summed E-state index contributed by atoms with van der Waals surface area (Å²) in [6, 6.07) is 5.76. The number of rotatable bonds is 1. The van der Waals surface area contributed by atoms with Gasteiger partial charge in [-0.25, -0.2) is 5.84 Å². The predicted molar refractivity (Wildman–Crippen MR) is 59.6 cm³/mol. The molecule has 1 heterocycles. The molecule has 2 rings (SSSR count).